The lowest BCUT2D eigenvalue weighted by Crippen LogP contribution is -2.55. The highest BCUT2D eigenvalue weighted by Gasteiger charge is 2.32. The number of nitrogens with zero attached hydrogens (tertiary/aromatic N) is 2. The fourth-order valence-electron chi connectivity index (χ4n) is 3.70. The van der Waals surface area contributed by atoms with E-state index in [-0.39, 0.29) is 53.4 Å². The molecule has 3 rings (SSSR count). The van der Waals surface area contributed by atoms with Gasteiger partial charge in [-0.25, -0.2) is 4.39 Å². The van der Waals surface area contributed by atoms with Crippen molar-refractivity contribution in [2.45, 2.75) is 32.1 Å². The third-order valence-corrected chi connectivity index (χ3v) is 5.96. The predicted octanol–water partition coefficient (Wildman–Crippen LogP) is 2.34. The number of benzene rings is 1. The summed E-state index contributed by atoms with van der Waals surface area (Å²) in [4.78, 5) is 31.0. The van der Waals surface area contributed by atoms with Crippen molar-refractivity contribution in [2.24, 2.45) is 0 Å². The Morgan fingerprint density at radius 1 is 1.32 bits per heavy atom. The molecule has 1 saturated heterocycles. The number of nitrogens with two attached hydrogens (primary N) is 1. The van der Waals surface area contributed by atoms with E-state index < -0.39 is 11.9 Å². The van der Waals surface area contributed by atoms with Crippen LogP contribution in [0.4, 0.5) is 10.2 Å². The molecule has 0 unspecified atom stereocenters. The molecule has 2 heterocycles. The molecule has 34 heavy (non-hydrogen) atoms. The molecule has 0 spiro atoms. The van der Waals surface area contributed by atoms with Crippen molar-refractivity contribution < 1.29 is 28.2 Å². The standard InChI is InChI=1S/C23H28ClFN4O5/c1-13-4-5-14(8-17(13)25)12-34-20(30)11-29-7-6-18(19(10-29)32-2)27-22(31)15-9-16(24)21(26)28-23(15)33-3/h4-5,8-9,18-19H,6-7,10-12H2,1-3H3,(H2,26,28)(H,27,31)/t18-,19+/m1/s1. The van der Waals surface area contributed by atoms with Gasteiger partial charge in [0.15, 0.2) is 0 Å². The number of piperidine rings is 1. The Kier molecular flexibility index (Phi) is 8.65. The van der Waals surface area contributed by atoms with Crippen molar-refractivity contribution in [3.05, 3.63) is 51.8 Å². The molecule has 1 amide bonds. The normalized spacial score (nSPS) is 18.4. The lowest BCUT2D eigenvalue weighted by Gasteiger charge is -2.37. The summed E-state index contributed by atoms with van der Waals surface area (Å²) in [5.41, 5.74) is 6.96. The van der Waals surface area contributed by atoms with Gasteiger partial charge < -0.3 is 25.3 Å². The van der Waals surface area contributed by atoms with Crippen molar-refractivity contribution >= 4 is 29.3 Å². The molecule has 184 valence electrons. The summed E-state index contributed by atoms with van der Waals surface area (Å²) in [6.45, 7) is 2.67. The molecule has 9 nitrogen and oxygen atoms in total. The Morgan fingerprint density at radius 3 is 2.76 bits per heavy atom. The second-order valence-corrected chi connectivity index (χ2v) is 8.44. The lowest BCUT2D eigenvalue weighted by atomic mass is 10.0. The van der Waals surface area contributed by atoms with Crippen LogP contribution in [0, 0.1) is 12.7 Å². The van der Waals surface area contributed by atoms with E-state index in [0.29, 0.717) is 30.6 Å². The van der Waals surface area contributed by atoms with E-state index in [9.17, 15) is 14.0 Å². The third kappa shape index (κ3) is 6.34. The van der Waals surface area contributed by atoms with Crippen LogP contribution in [0.3, 0.4) is 0 Å². The highest BCUT2D eigenvalue weighted by molar-refractivity contribution is 6.33. The summed E-state index contributed by atoms with van der Waals surface area (Å²) in [5, 5.41) is 3.08. The van der Waals surface area contributed by atoms with Gasteiger partial charge in [0.2, 0.25) is 5.88 Å². The highest BCUT2D eigenvalue weighted by atomic mass is 35.5. The number of methoxy groups -OCH3 is 2. The molecular formula is C23H28ClFN4O5. The smallest absolute Gasteiger partial charge is 0.320 e. The molecule has 2 atom stereocenters. The maximum Gasteiger partial charge on any atom is 0.320 e. The Morgan fingerprint density at radius 2 is 2.09 bits per heavy atom. The van der Waals surface area contributed by atoms with Crippen LogP contribution in [-0.2, 0) is 20.9 Å². The summed E-state index contributed by atoms with van der Waals surface area (Å²) in [7, 11) is 2.93. The summed E-state index contributed by atoms with van der Waals surface area (Å²) >= 11 is 6.02. The number of nitrogens with one attached hydrogen (secondary N) is 1. The average Bonchev–Trinajstić information content (AvgIpc) is 2.82. The van der Waals surface area contributed by atoms with Crippen molar-refractivity contribution in [3.63, 3.8) is 0 Å². The number of esters is 1. The topological polar surface area (TPSA) is 116 Å². The number of pyridine rings is 1. The number of hydrogen-bond donors (Lipinski definition) is 2. The van der Waals surface area contributed by atoms with E-state index in [1.54, 1.807) is 26.2 Å². The van der Waals surface area contributed by atoms with Crippen molar-refractivity contribution in [3.8, 4) is 5.88 Å². The number of likely N-dealkylation sites (tertiary alicyclic amines) is 1. The number of carbonyl (C=O) groups is 2. The quantitative estimate of drug-likeness (QED) is 0.537. The molecule has 11 heteroatoms. The lowest BCUT2D eigenvalue weighted by molar-refractivity contribution is -0.147. The van der Waals surface area contributed by atoms with Crippen LogP contribution < -0.4 is 15.8 Å². The number of rotatable bonds is 8. The molecule has 2 aromatic rings. The summed E-state index contributed by atoms with van der Waals surface area (Å²) in [5.74, 6) is -1.04. The van der Waals surface area contributed by atoms with Gasteiger partial charge in [0.25, 0.3) is 5.91 Å². The number of hydrogen-bond acceptors (Lipinski definition) is 8. The molecule has 1 aromatic carbocycles. The van der Waals surface area contributed by atoms with Crippen molar-refractivity contribution in [2.75, 3.05) is 39.6 Å². The van der Waals surface area contributed by atoms with Crippen LogP contribution in [0.2, 0.25) is 5.02 Å². The monoisotopic (exact) mass is 494 g/mol. The third-order valence-electron chi connectivity index (χ3n) is 5.66. The van der Waals surface area contributed by atoms with E-state index in [1.165, 1.54) is 19.2 Å². The van der Waals surface area contributed by atoms with E-state index in [1.807, 2.05) is 4.90 Å². The van der Waals surface area contributed by atoms with Gasteiger partial charge >= 0.3 is 5.97 Å². The van der Waals surface area contributed by atoms with E-state index in [4.69, 9.17) is 31.5 Å². The number of ether oxygens (including phenoxy) is 3. The van der Waals surface area contributed by atoms with Gasteiger partial charge in [0.1, 0.15) is 23.8 Å². The average molecular weight is 495 g/mol. The first-order valence-corrected chi connectivity index (χ1v) is 11.1. The van der Waals surface area contributed by atoms with E-state index in [0.717, 1.165) is 0 Å². The molecule has 1 aliphatic heterocycles. The summed E-state index contributed by atoms with van der Waals surface area (Å²) < 4.78 is 29.7. The molecule has 0 radical (unpaired) electrons. The second-order valence-electron chi connectivity index (χ2n) is 8.03. The van der Waals surface area contributed by atoms with Gasteiger partial charge in [-0.2, -0.15) is 4.98 Å². The first kappa shape index (κ1) is 25.7. The molecule has 1 aliphatic rings. The summed E-state index contributed by atoms with van der Waals surface area (Å²) in [6, 6.07) is 5.83. The molecule has 3 N–H and O–H groups in total. The van der Waals surface area contributed by atoms with Gasteiger partial charge in [-0.15, -0.1) is 0 Å². The first-order valence-electron chi connectivity index (χ1n) is 10.7. The fraction of sp³-hybridized carbons (Fsp3) is 0.435. The number of anilines is 1. The highest BCUT2D eigenvalue weighted by Crippen LogP contribution is 2.25. The molecule has 0 aliphatic carbocycles. The van der Waals surface area contributed by atoms with Gasteiger partial charge in [-0.05, 0) is 36.6 Å². The molecule has 0 saturated carbocycles. The zero-order valence-electron chi connectivity index (χ0n) is 19.3. The minimum Gasteiger partial charge on any atom is -0.480 e. The van der Waals surface area contributed by atoms with E-state index >= 15 is 0 Å². The number of nitrogen functional groups attached to an aromatic ring is 1. The fourth-order valence-corrected chi connectivity index (χ4v) is 3.85. The SMILES string of the molecule is COc1nc(N)c(Cl)cc1C(=O)N[C@@H]1CCN(CC(=O)OCc2ccc(C)c(F)c2)C[C@@H]1OC. The second kappa shape index (κ2) is 11.5. The van der Waals surface area contributed by atoms with E-state index in [2.05, 4.69) is 10.3 Å². The molecular weight excluding hydrogens is 467 g/mol. The van der Waals surface area contributed by atoms with Crippen LogP contribution in [0.1, 0.15) is 27.9 Å². The van der Waals surface area contributed by atoms with Crippen LogP contribution in [-0.4, -0.2) is 67.8 Å². The van der Waals surface area contributed by atoms with Gasteiger partial charge in [0.05, 0.1) is 30.8 Å². The number of aromatic nitrogens is 1. The zero-order valence-corrected chi connectivity index (χ0v) is 20.0. The first-order chi connectivity index (χ1) is 16.2. The van der Waals surface area contributed by atoms with Gasteiger partial charge in [-0.1, -0.05) is 23.7 Å². The van der Waals surface area contributed by atoms with Crippen molar-refractivity contribution in [1.29, 1.82) is 0 Å². The number of aryl methyl sites for hydroxylation is 1. The number of amides is 1. The van der Waals surface area contributed by atoms with Crippen molar-refractivity contribution in [1.82, 2.24) is 15.2 Å². The molecule has 1 aromatic heterocycles. The Bertz CT molecular complexity index is 1050. The Balaban J connectivity index is 1.54. The van der Waals surface area contributed by atoms with Crippen LogP contribution >= 0.6 is 11.6 Å². The van der Waals surface area contributed by atoms with Gasteiger partial charge in [-0.3, -0.25) is 14.5 Å². The molecule has 0 bridgehead atoms. The minimum atomic E-state index is -0.425. The minimum absolute atomic E-state index is 0.00369. The zero-order chi connectivity index (χ0) is 24.8. The van der Waals surface area contributed by atoms with Crippen LogP contribution in [0.25, 0.3) is 0 Å². The molecule has 1 fully saturated rings. The predicted molar refractivity (Wildman–Crippen MR) is 124 cm³/mol. The van der Waals surface area contributed by atoms with Crippen LogP contribution in [0.15, 0.2) is 24.3 Å². The number of halogens is 2. The Hall–Kier alpha value is -2.95. The van der Waals surface area contributed by atoms with Gasteiger partial charge in [0, 0.05) is 20.2 Å². The summed E-state index contributed by atoms with van der Waals surface area (Å²) in [6.07, 6.45) is 0.180. The van der Waals surface area contributed by atoms with Crippen LogP contribution in [0.5, 0.6) is 5.88 Å². The maximum absolute atomic E-state index is 13.7. The Labute approximate surface area is 202 Å². The number of carbonyl (C=O) groups excluding carboxylic acids is 2. The maximum atomic E-state index is 13.7. The largest absolute Gasteiger partial charge is 0.480 e.